The van der Waals surface area contributed by atoms with Crippen LogP contribution in [0.4, 0.5) is 0 Å². The smallest absolute Gasteiger partial charge is 0.310 e. The van der Waals surface area contributed by atoms with E-state index in [1.165, 1.54) is 7.11 Å². The second-order valence-electron chi connectivity index (χ2n) is 13.4. The van der Waals surface area contributed by atoms with Gasteiger partial charge >= 0.3 is 17.9 Å². The van der Waals surface area contributed by atoms with E-state index in [2.05, 4.69) is 6.92 Å². The molecule has 40 heavy (non-hydrogen) atoms. The van der Waals surface area contributed by atoms with Gasteiger partial charge in [-0.3, -0.25) is 19.2 Å². The second-order valence-corrected chi connectivity index (χ2v) is 13.4. The Hall–Kier alpha value is -2.90. The van der Waals surface area contributed by atoms with Gasteiger partial charge in [0.1, 0.15) is 18.0 Å². The molecule has 0 spiro atoms. The van der Waals surface area contributed by atoms with Gasteiger partial charge < -0.3 is 18.6 Å². The zero-order valence-corrected chi connectivity index (χ0v) is 24.7. The molecule has 1 saturated heterocycles. The Labute approximate surface area is 236 Å². The van der Waals surface area contributed by atoms with Gasteiger partial charge in [0.15, 0.2) is 0 Å². The molecule has 218 valence electrons. The number of ether oxygens (including phenoxy) is 3. The summed E-state index contributed by atoms with van der Waals surface area (Å²) in [6, 6.07) is 1.84. The van der Waals surface area contributed by atoms with Crippen molar-refractivity contribution in [2.45, 2.75) is 92.3 Å². The largest absolute Gasteiger partial charge is 0.472 e. The summed E-state index contributed by atoms with van der Waals surface area (Å²) < 4.78 is 22.6. The molecular weight excluding hydrogens is 512 g/mol. The highest BCUT2D eigenvalue weighted by molar-refractivity contribution is 5.92. The summed E-state index contributed by atoms with van der Waals surface area (Å²) in [6.45, 7) is 11.9. The predicted molar refractivity (Wildman–Crippen MR) is 144 cm³/mol. The SMILES string of the molecule is CC[C@H](C)C(=O)O[C@@H]1[C@H]2CC3=C4CC(=O)O[C@@H](c5ccoc5)[C@]4(C)CCC3[C@@](C)(C2=O)[C@@H](CC(=O)OC)C1(C)C. The lowest BCUT2D eigenvalue weighted by atomic mass is 9.40. The molecule has 3 fully saturated rings. The molecule has 0 amide bonds. The number of fused-ring (bicyclic) bond motifs is 5. The predicted octanol–water partition coefficient (Wildman–Crippen LogP) is 5.75. The van der Waals surface area contributed by atoms with Crippen molar-refractivity contribution in [2.24, 2.45) is 39.9 Å². The normalized spacial score (nSPS) is 37.1. The third kappa shape index (κ3) is 4.07. The molecular formula is C32H42O8. The Kier molecular flexibility index (Phi) is 7.07. The van der Waals surface area contributed by atoms with Crippen LogP contribution in [-0.2, 0) is 33.4 Å². The average Bonchev–Trinajstić information content (AvgIpc) is 3.45. The molecule has 3 aliphatic carbocycles. The minimum atomic E-state index is -0.879. The van der Waals surface area contributed by atoms with E-state index < -0.39 is 40.3 Å². The highest BCUT2D eigenvalue weighted by atomic mass is 16.6. The van der Waals surface area contributed by atoms with Crippen molar-refractivity contribution in [1.82, 2.24) is 0 Å². The molecule has 0 aromatic carbocycles. The van der Waals surface area contributed by atoms with Crippen LogP contribution < -0.4 is 0 Å². The maximum Gasteiger partial charge on any atom is 0.310 e. The number of hydrogen-bond donors (Lipinski definition) is 0. The fraction of sp³-hybridized carbons (Fsp3) is 0.688. The lowest BCUT2D eigenvalue weighted by molar-refractivity contribution is -0.200. The van der Waals surface area contributed by atoms with E-state index >= 15 is 0 Å². The number of allylic oxidation sites excluding steroid dienone is 1. The number of furan rings is 1. The van der Waals surface area contributed by atoms with Crippen LogP contribution in [0.25, 0.3) is 0 Å². The van der Waals surface area contributed by atoms with Crippen molar-refractivity contribution < 1.29 is 37.8 Å². The number of cyclic esters (lactones) is 1. The van der Waals surface area contributed by atoms with Gasteiger partial charge in [0.05, 0.1) is 37.9 Å². The summed E-state index contributed by atoms with van der Waals surface area (Å²) >= 11 is 0. The van der Waals surface area contributed by atoms with Crippen molar-refractivity contribution in [3.8, 4) is 0 Å². The van der Waals surface area contributed by atoms with Gasteiger partial charge in [-0.1, -0.05) is 47.1 Å². The molecule has 4 aliphatic rings. The number of carbonyl (C=O) groups excluding carboxylic acids is 4. The molecule has 1 aromatic heterocycles. The van der Waals surface area contributed by atoms with Crippen LogP contribution in [-0.4, -0.2) is 36.9 Å². The van der Waals surface area contributed by atoms with Crippen molar-refractivity contribution in [2.75, 3.05) is 7.11 Å². The number of esters is 3. The van der Waals surface area contributed by atoms with Gasteiger partial charge in [-0.15, -0.1) is 0 Å². The molecule has 2 heterocycles. The zero-order valence-electron chi connectivity index (χ0n) is 24.7. The standard InChI is InChI=1S/C32H42O8/c1-8-17(2)29(36)40-28-20-13-19-21(32(6,26(20)35)23(30(28,3)4)15-24(33)37-7)9-11-31(5)22(19)14-25(34)39-27(31)18-10-12-38-16-18/h10,12,16-17,20-21,23,27-28H,8-9,11,13-15H2,1-7H3/t17-,20-,21?,23-,27-,28+,31+,32+/m0/s1. The third-order valence-electron chi connectivity index (χ3n) is 11.1. The van der Waals surface area contributed by atoms with E-state index in [1.807, 2.05) is 40.7 Å². The fourth-order valence-electron chi connectivity index (χ4n) is 8.60. The van der Waals surface area contributed by atoms with Gasteiger partial charge in [-0.2, -0.15) is 0 Å². The Bertz CT molecular complexity index is 1240. The zero-order chi connectivity index (χ0) is 29.2. The van der Waals surface area contributed by atoms with Gasteiger partial charge in [0, 0.05) is 28.2 Å². The molecule has 1 aliphatic heterocycles. The van der Waals surface area contributed by atoms with Crippen molar-refractivity contribution in [1.29, 1.82) is 0 Å². The maximum absolute atomic E-state index is 14.5. The molecule has 5 rings (SSSR count). The Morgan fingerprint density at radius 1 is 1.18 bits per heavy atom. The first-order chi connectivity index (χ1) is 18.8. The molecule has 0 radical (unpaired) electrons. The first kappa shape index (κ1) is 28.6. The minimum Gasteiger partial charge on any atom is -0.472 e. The van der Waals surface area contributed by atoms with E-state index in [0.717, 1.165) is 29.6 Å². The van der Waals surface area contributed by atoms with E-state index in [4.69, 9.17) is 18.6 Å². The fourth-order valence-corrected chi connectivity index (χ4v) is 8.60. The van der Waals surface area contributed by atoms with Gasteiger partial charge in [0.2, 0.25) is 0 Å². The summed E-state index contributed by atoms with van der Waals surface area (Å²) in [5, 5.41) is 0. The van der Waals surface area contributed by atoms with Crippen LogP contribution in [0, 0.1) is 39.9 Å². The molecule has 1 unspecified atom stereocenters. The minimum absolute atomic E-state index is 0.0467. The highest BCUT2D eigenvalue weighted by Gasteiger charge is 2.68. The summed E-state index contributed by atoms with van der Waals surface area (Å²) in [6.07, 6.45) is 4.74. The Morgan fingerprint density at radius 2 is 1.90 bits per heavy atom. The monoisotopic (exact) mass is 554 g/mol. The molecule has 2 bridgehead atoms. The number of ketones is 1. The van der Waals surface area contributed by atoms with Crippen LogP contribution in [0.3, 0.4) is 0 Å². The first-order valence-corrected chi connectivity index (χ1v) is 14.6. The number of methoxy groups -OCH3 is 1. The van der Waals surface area contributed by atoms with Crippen molar-refractivity contribution in [3.63, 3.8) is 0 Å². The first-order valence-electron chi connectivity index (χ1n) is 14.6. The summed E-state index contributed by atoms with van der Waals surface area (Å²) in [4.78, 5) is 53.4. The van der Waals surface area contributed by atoms with Crippen LogP contribution in [0.1, 0.15) is 91.7 Å². The second kappa shape index (κ2) is 9.88. The van der Waals surface area contributed by atoms with Crippen LogP contribution in [0.5, 0.6) is 0 Å². The van der Waals surface area contributed by atoms with Crippen LogP contribution >= 0.6 is 0 Å². The average molecular weight is 555 g/mol. The van der Waals surface area contributed by atoms with E-state index in [9.17, 15) is 19.2 Å². The van der Waals surface area contributed by atoms with Gasteiger partial charge in [0.25, 0.3) is 0 Å². The molecule has 2 saturated carbocycles. The molecule has 8 atom stereocenters. The van der Waals surface area contributed by atoms with Crippen molar-refractivity contribution in [3.05, 3.63) is 35.3 Å². The van der Waals surface area contributed by atoms with E-state index in [1.54, 1.807) is 12.5 Å². The number of Topliss-reactive ketones (excluding diaryl/α,β-unsaturated/α-hetero) is 1. The summed E-state index contributed by atoms with van der Waals surface area (Å²) in [5.41, 5.74) is 0.947. The molecule has 8 heteroatoms. The van der Waals surface area contributed by atoms with Gasteiger partial charge in [-0.05, 0) is 49.2 Å². The topological polar surface area (TPSA) is 109 Å². The lowest BCUT2D eigenvalue weighted by Gasteiger charge is -2.63. The summed E-state index contributed by atoms with van der Waals surface area (Å²) in [5.74, 6) is -2.39. The number of hydrogen-bond acceptors (Lipinski definition) is 8. The third-order valence-corrected chi connectivity index (χ3v) is 11.1. The van der Waals surface area contributed by atoms with Gasteiger partial charge in [-0.25, -0.2) is 0 Å². The Morgan fingerprint density at radius 3 is 2.52 bits per heavy atom. The maximum atomic E-state index is 14.5. The van der Waals surface area contributed by atoms with Crippen molar-refractivity contribution >= 4 is 23.7 Å². The molecule has 8 nitrogen and oxygen atoms in total. The van der Waals surface area contributed by atoms with E-state index in [-0.39, 0.29) is 48.4 Å². The van der Waals surface area contributed by atoms with Crippen LogP contribution in [0.15, 0.2) is 34.2 Å². The number of rotatable bonds is 6. The van der Waals surface area contributed by atoms with Crippen LogP contribution in [0.2, 0.25) is 0 Å². The Balaban J connectivity index is 1.67. The number of carbonyl (C=O) groups is 4. The highest BCUT2D eigenvalue weighted by Crippen LogP contribution is 2.68. The molecule has 1 aromatic rings. The summed E-state index contributed by atoms with van der Waals surface area (Å²) in [7, 11) is 1.36. The van der Waals surface area contributed by atoms with E-state index in [0.29, 0.717) is 12.8 Å². The quantitative estimate of drug-likeness (QED) is 0.248. The lowest BCUT2D eigenvalue weighted by Crippen LogP contribution is -2.66. The molecule has 0 N–H and O–H groups in total.